The lowest BCUT2D eigenvalue weighted by atomic mass is 10.1. The molecule has 2 N–H and O–H groups in total. The van der Waals surface area contributed by atoms with Crippen molar-refractivity contribution in [2.75, 3.05) is 25.0 Å². The van der Waals surface area contributed by atoms with Gasteiger partial charge in [-0.3, -0.25) is 0 Å². The molecule has 1 atom stereocenters. The quantitative estimate of drug-likeness (QED) is 0.861. The Morgan fingerprint density at radius 3 is 3.17 bits per heavy atom. The van der Waals surface area contributed by atoms with Crippen molar-refractivity contribution in [3.63, 3.8) is 0 Å². The highest BCUT2D eigenvalue weighted by atomic mass is 15.3. The highest BCUT2D eigenvalue weighted by Gasteiger charge is 2.16. The summed E-state index contributed by atoms with van der Waals surface area (Å²) in [5.41, 5.74) is 1.78. The highest BCUT2D eigenvalue weighted by molar-refractivity contribution is 5.73. The molecule has 5 heteroatoms. The number of nitrogens with zero attached hydrogens (tertiary/aromatic N) is 3. The van der Waals surface area contributed by atoms with Gasteiger partial charge in [0.1, 0.15) is 0 Å². The topological polar surface area (TPSA) is 56.8 Å². The lowest BCUT2D eigenvalue weighted by Crippen LogP contribution is -2.42. The van der Waals surface area contributed by atoms with Crippen LogP contribution in [0.15, 0.2) is 18.3 Å². The Bertz CT molecular complexity index is 482. The second-order valence-corrected chi connectivity index (χ2v) is 4.96. The third-order valence-electron chi connectivity index (χ3n) is 3.51. The molecule has 2 aromatic heterocycles. The summed E-state index contributed by atoms with van der Waals surface area (Å²) < 4.78 is 0. The molecule has 0 aromatic carbocycles. The monoisotopic (exact) mass is 245 g/mol. The van der Waals surface area contributed by atoms with Crippen LogP contribution in [0.4, 0.5) is 5.95 Å². The summed E-state index contributed by atoms with van der Waals surface area (Å²) in [5.74, 6) is 0.899. The third-order valence-corrected chi connectivity index (χ3v) is 3.51. The zero-order chi connectivity index (χ0) is 12.4. The molecule has 0 aliphatic carbocycles. The van der Waals surface area contributed by atoms with Gasteiger partial charge >= 0.3 is 0 Å². The first-order valence-corrected chi connectivity index (χ1v) is 6.58. The molecule has 1 fully saturated rings. The predicted molar refractivity (Wildman–Crippen MR) is 72.8 cm³/mol. The minimum absolute atomic E-state index is 0.574. The van der Waals surface area contributed by atoms with Crippen molar-refractivity contribution in [2.45, 2.75) is 25.3 Å². The zero-order valence-corrected chi connectivity index (χ0v) is 10.7. The number of hydrogen-bond donors (Lipinski definition) is 2. The van der Waals surface area contributed by atoms with E-state index in [1.165, 1.54) is 19.3 Å². The second kappa shape index (κ2) is 4.94. The van der Waals surface area contributed by atoms with Crippen molar-refractivity contribution in [3.8, 4) is 0 Å². The van der Waals surface area contributed by atoms with Crippen molar-refractivity contribution in [3.05, 3.63) is 18.3 Å². The van der Waals surface area contributed by atoms with E-state index in [4.69, 9.17) is 0 Å². The van der Waals surface area contributed by atoms with Crippen LogP contribution in [0.5, 0.6) is 0 Å². The number of aromatic nitrogens is 3. The molecule has 0 radical (unpaired) electrons. The number of anilines is 1. The number of nitrogens with one attached hydrogen (secondary N) is 2. The first kappa shape index (κ1) is 11.5. The maximum absolute atomic E-state index is 4.51. The van der Waals surface area contributed by atoms with Crippen LogP contribution in [0.3, 0.4) is 0 Å². The van der Waals surface area contributed by atoms with Crippen molar-refractivity contribution < 1.29 is 0 Å². The average molecular weight is 245 g/mol. The van der Waals surface area contributed by atoms with E-state index in [-0.39, 0.29) is 0 Å². The first-order valence-electron chi connectivity index (χ1n) is 6.58. The van der Waals surface area contributed by atoms with Crippen LogP contribution in [0.1, 0.15) is 19.3 Å². The number of likely N-dealkylation sites (N-methyl/N-ethyl adjacent to an activating group) is 1. The predicted octanol–water partition coefficient (Wildman–Crippen LogP) is 1.54. The van der Waals surface area contributed by atoms with E-state index in [2.05, 4.69) is 32.2 Å². The van der Waals surface area contributed by atoms with Crippen LogP contribution in [0.2, 0.25) is 0 Å². The maximum Gasteiger partial charge on any atom is 0.205 e. The van der Waals surface area contributed by atoms with E-state index in [1.807, 2.05) is 12.1 Å². The number of fused-ring (bicyclic) bond motifs is 1. The van der Waals surface area contributed by atoms with E-state index < -0.39 is 0 Å². The van der Waals surface area contributed by atoms with Gasteiger partial charge in [-0.1, -0.05) is 6.42 Å². The molecule has 3 heterocycles. The van der Waals surface area contributed by atoms with Gasteiger partial charge in [0.15, 0.2) is 5.65 Å². The van der Waals surface area contributed by atoms with E-state index in [0.29, 0.717) is 6.04 Å². The summed E-state index contributed by atoms with van der Waals surface area (Å²) in [4.78, 5) is 14.2. The number of hydrogen-bond acceptors (Lipinski definition) is 4. The number of imidazole rings is 1. The van der Waals surface area contributed by atoms with Crippen molar-refractivity contribution in [2.24, 2.45) is 0 Å². The summed E-state index contributed by atoms with van der Waals surface area (Å²) in [6, 6.07) is 4.50. The molecular formula is C13H19N5. The van der Waals surface area contributed by atoms with Crippen LogP contribution >= 0.6 is 0 Å². The molecule has 1 unspecified atom stereocenters. The molecule has 1 aliphatic rings. The molecule has 1 saturated heterocycles. The van der Waals surface area contributed by atoms with Gasteiger partial charge in [0, 0.05) is 25.8 Å². The fourth-order valence-corrected chi connectivity index (χ4v) is 2.51. The van der Waals surface area contributed by atoms with Gasteiger partial charge in [0.25, 0.3) is 0 Å². The summed E-state index contributed by atoms with van der Waals surface area (Å²) in [6.45, 7) is 2.13. The minimum Gasteiger partial charge on any atom is -0.344 e. The SMILES string of the molecule is CN(CC1CCCCN1)c1nc2ncccc2[nH]1. The number of aromatic amines is 1. The van der Waals surface area contributed by atoms with Gasteiger partial charge in [-0.15, -0.1) is 0 Å². The molecule has 5 nitrogen and oxygen atoms in total. The van der Waals surface area contributed by atoms with Gasteiger partial charge in [-0.05, 0) is 31.5 Å². The molecule has 0 spiro atoms. The van der Waals surface area contributed by atoms with E-state index in [9.17, 15) is 0 Å². The number of pyridine rings is 1. The Labute approximate surface area is 107 Å². The van der Waals surface area contributed by atoms with Crippen molar-refractivity contribution in [1.29, 1.82) is 0 Å². The first-order chi connectivity index (χ1) is 8.83. The number of H-pyrrole nitrogens is 1. The Morgan fingerprint density at radius 2 is 2.39 bits per heavy atom. The summed E-state index contributed by atoms with van der Waals surface area (Å²) >= 11 is 0. The standard InChI is InChI=1S/C13H19N5/c1-18(9-10-5-2-3-7-14-10)13-16-11-6-4-8-15-12(11)17-13/h4,6,8,10,14H,2-3,5,7,9H2,1H3,(H,15,16,17). The van der Waals surface area contributed by atoms with E-state index in [1.54, 1.807) is 6.20 Å². The van der Waals surface area contributed by atoms with Gasteiger partial charge in [-0.25, -0.2) is 4.98 Å². The number of piperidine rings is 1. The Hall–Kier alpha value is -1.62. The van der Waals surface area contributed by atoms with Crippen molar-refractivity contribution >= 4 is 17.1 Å². The molecule has 18 heavy (non-hydrogen) atoms. The molecular weight excluding hydrogens is 226 g/mol. The highest BCUT2D eigenvalue weighted by Crippen LogP contribution is 2.15. The van der Waals surface area contributed by atoms with E-state index >= 15 is 0 Å². The molecule has 3 rings (SSSR count). The zero-order valence-electron chi connectivity index (χ0n) is 10.7. The van der Waals surface area contributed by atoms with Crippen LogP contribution in [-0.2, 0) is 0 Å². The van der Waals surface area contributed by atoms with Crippen LogP contribution < -0.4 is 10.2 Å². The lowest BCUT2D eigenvalue weighted by molar-refractivity contribution is 0.402. The summed E-state index contributed by atoms with van der Waals surface area (Å²) in [5, 5.41) is 3.55. The molecule has 96 valence electrons. The second-order valence-electron chi connectivity index (χ2n) is 4.96. The molecule has 1 aliphatic heterocycles. The third kappa shape index (κ3) is 2.31. The fourth-order valence-electron chi connectivity index (χ4n) is 2.51. The Morgan fingerprint density at radius 1 is 1.44 bits per heavy atom. The summed E-state index contributed by atoms with van der Waals surface area (Å²) in [6.07, 6.45) is 5.65. The largest absolute Gasteiger partial charge is 0.344 e. The van der Waals surface area contributed by atoms with Crippen molar-refractivity contribution in [1.82, 2.24) is 20.3 Å². The minimum atomic E-state index is 0.574. The van der Waals surface area contributed by atoms with Gasteiger partial charge in [0.2, 0.25) is 5.95 Å². The molecule has 0 amide bonds. The van der Waals surface area contributed by atoms with Crippen LogP contribution in [0, 0.1) is 0 Å². The Balaban J connectivity index is 1.72. The smallest absolute Gasteiger partial charge is 0.205 e. The van der Waals surface area contributed by atoms with Gasteiger partial charge in [0.05, 0.1) is 5.52 Å². The fraction of sp³-hybridized carbons (Fsp3) is 0.538. The summed E-state index contributed by atoms with van der Waals surface area (Å²) in [7, 11) is 2.08. The molecule has 0 saturated carbocycles. The number of rotatable bonds is 3. The maximum atomic E-state index is 4.51. The van der Waals surface area contributed by atoms with E-state index in [0.717, 1.165) is 30.2 Å². The van der Waals surface area contributed by atoms with Gasteiger partial charge in [-0.2, -0.15) is 4.98 Å². The Kier molecular flexibility index (Phi) is 3.15. The van der Waals surface area contributed by atoms with Crippen LogP contribution in [-0.4, -0.2) is 41.1 Å². The van der Waals surface area contributed by atoms with Gasteiger partial charge < -0.3 is 15.2 Å². The normalized spacial score (nSPS) is 20.2. The van der Waals surface area contributed by atoms with Crippen LogP contribution in [0.25, 0.3) is 11.2 Å². The molecule has 0 bridgehead atoms. The molecule has 2 aromatic rings. The average Bonchev–Trinajstić information content (AvgIpc) is 2.84. The lowest BCUT2D eigenvalue weighted by Gasteiger charge is -2.27.